The van der Waals surface area contributed by atoms with Crippen LogP contribution in [-0.2, 0) is 9.53 Å². The van der Waals surface area contributed by atoms with Crippen molar-refractivity contribution in [3.05, 3.63) is 48.5 Å². The van der Waals surface area contributed by atoms with Gasteiger partial charge in [-0.3, -0.25) is 4.79 Å². The molecule has 2 aromatic rings. The molecule has 6 heteroatoms. The molecule has 2 rings (SSSR count). The number of benzene rings is 2. The van der Waals surface area contributed by atoms with Gasteiger partial charge in [0.1, 0.15) is 18.1 Å². The van der Waals surface area contributed by atoms with E-state index >= 15 is 0 Å². The molecular formula is C22H30N2O4. The zero-order valence-electron chi connectivity index (χ0n) is 16.9. The Bertz CT molecular complexity index is 701. The van der Waals surface area contributed by atoms with Gasteiger partial charge in [-0.2, -0.15) is 0 Å². The normalized spacial score (nSPS) is 11.5. The number of ether oxygens (including phenoxy) is 3. The standard InChI is InChI=1S/C22H30N2O4/c1-4-17(3)28-21-12-8-19(9-13-21)24-22(25)16-23-18-6-10-20(11-7-18)27-15-14-26-5-2/h6-13,17,23H,4-5,14-16H2,1-3H3,(H,24,25). The first-order valence-corrected chi connectivity index (χ1v) is 9.71. The molecule has 1 amide bonds. The average molecular weight is 386 g/mol. The Morgan fingerprint density at radius 3 is 2.21 bits per heavy atom. The lowest BCUT2D eigenvalue weighted by molar-refractivity contribution is -0.114. The number of rotatable bonds is 12. The minimum atomic E-state index is -0.118. The minimum Gasteiger partial charge on any atom is -0.491 e. The first kappa shape index (κ1) is 21.6. The van der Waals surface area contributed by atoms with Gasteiger partial charge in [0, 0.05) is 18.0 Å². The molecule has 0 saturated carbocycles. The minimum absolute atomic E-state index is 0.118. The maximum Gasteiger partial charge on any atom is 0.243 e. The number of anilines is 2. The van der Waals surface area contributed by atoms with Gasteiger partial charge in [0.2, 0.25) is 5.91 Å². The van der Waals surface area contributed by atoms with Gasteiger partial charge in [-0.25, -0.2) is 0 Å². The number of nitrogens with one attached hydrogen (secondary N) is 2. The number of amides is 1. The summed E-state index contributed by atoms with van der Waals surface area (Å²) < 4.78 is 16.5. The predicted molar refractivity (Wildman–Crippen MR) is 112 cm³/mol. The molecule has 1 unspecified atom stereocenters. The smallest absolute Gasteiger partial charge is 0.243 e. The van der Waals surface area contributed by atoms with E-state index in [1.165, 1.54) is 0 Å². The summed E-state index contributed by atoms with van der Waals surface area (Å²) in [6.45, 7) is 8.01. The van der Waals surface area contributed by atoms with Crippen LogP contribution < -0.4 is 20.1 Å². The molecule has 2 aromatic carbocycles. The van der Waals surface area contributed by atoms with Gasteiger partial charge >= 0.3 is 0 Å². The second-order valence-corrected chi connectivity index (χ2v) is 6.33. The van der Waals surface area contributed by atoms with Crippen molar-refractivity contribution in [3.8, 4) is 11.5 Å². The van der Waals surface area contributed by atoms with Crippen molar-refractivity contribution in [2.24, 2.45) is 0 Å². The lowest BCUT2D eigenvalue weighted by Crippen LogP contribution is -2.21. The van der Waals surface area contributed by atoms with Crippen molar-refractivity contribution in [3.63, 3.8) is 0 Å². The van der Waals surface area contributed by atoms with Crippen LogP contribution in [0.2, 0.25) is 0 Å². The number of carbonyl (C=O) groups excluding carboxylic acids is 1. The second kappa shape index (κ2) is 11.9. The highest BCUT2D eigenvalue weighted by Gasteiger charge is 2.05. The SMILES string of the molecule is CCOCCOc1ccc(NCC(=O)Nc2ccc(OC(C)CC)cc2)cc1. The lowest BCUT2D eigenvalue weighted by atomic mass is 10.2. The van der Waals surface area contributed by atoms with E-state index in [1.807, 2.05) is 62.4 Å². The predicted octanol–water partition coefficient (Wildman–Crippen LogP) is 4.33. The molecule has 0 aliphatic rings. The van der Waals surface area contributed by atoms with E-state index in [2.05, 4.69) is 17.6 Å². The van der Waals surface area contributed by atoms with Gasteiger partial charge in [-0.05, 0) is 68.8 Å². The van der Waals surface area contributed by atoms with E-state index in [0.29, 0.717) is 19.8 Å². The fourth-order valence-electron chi connectivity index (χ4n) is 2.35. The van der Waals surface area contributed by atoms with Crippen LogP contribution in [0.15, 0.2) is 48.5 Å². The Hall–Kier alpha value is -2.73. The highest BCUT2D eigenvalue weighted by Crippen LogP contribution is 2.18. The van der Waals surface area contributed by atoms with Crippen molar-refractivity contribution >= 4 is 17.3 Å². The first-order valence-electron chi connectivity index (χ1n) is 9.71. The molecule has 152 valence electrons. The van der Waals surface area contributed by atoms with Crippen molar-refractivity contribution in [2.75, 3.05) is 37.0 Å². The molecule has 0 bridgehead atoms. The molecule has 6 nitrogen and oxygen atoms in total. The van der Waals surface area contributed by atoms with Crippen molar-refractivity contribution in [1.29, 1.82) is 0 Å². The number of hydrogen-bond donors (Lipinski definition) is 2. The molecule has 28 heavy (non-hydrogen) atoms. The van der Waals surface area contributed by atoms with Gasteiger partial charge in [0.05, 0.1) is 19.3 Å². The molecule has 0 aromatic heterocycles. The van der Waals surface area contributed by atoms with E-state index in [-0.39, 0.29) is 18.6 Å². The summed E-state index contributed by atoms with van der Waals surface area (Å²) in [5, 5.41) is 5.96. The Balaban J connectivity index is 1.73. The summed E-state index contributed by atoms with van der Waals surface area (Å²) in [4.78, 5) is 12.1. The average Bonchev–Trinajstić information content (AvgIpc) is 2.72. The molecule has 0 heterocycles. The lowest BCUT2D eigenvalue weighted by Gasteiger charge is -2.13. The zero-order chi connectivity index (χ0) is 20.2. The van der Waals surface area contributed by atoms with Crippen LogP contribution in [0.5, 0.6) is 11.5 Å². The Morgan fingerprint density at radius 2 is 1.57 bits per heavy atom. The summed E-state index contributed by atoms with van der Waals surface area (Å²) in [7, 11) is 0. The molecule has 0 aliphatic carbocycles. The van der Waals surface area contributed by atoms with Crippen molar-refractivity contribution < 1.29 is 19.0 Å². The molecule has 0 radical (unpaired) electrons. The Morgan fingerprint density at radius 1 is 0.929 bits per heavy atom. The van der Waals surface area contributed by atoms with Crippen molar-refractivity contribution in [1.82, 2.24) is 0 Å². The first-order chi connectivity index (χ1) is 13.6. The van der Waals surface area contributed by atoms with Crippen LogP contribution in [-0.4, -0.2) is 38.4 Å². The van der Waals surface area contributed by atoms with Crippen LogP contribution in [0.25, 0.3) is 0 Å². The Labute approximate surface area is 167 Å². The quantitative estimate of drug-likeness (QED) is 0.532. The summed E-state index contributed by atoms with van der Waals surface area (Å²) in [6, 6.07) is 14.9. The van der Waals surface area contributed by atoms with Gasteiger partial charge < -0.3 is 24.8 Å². The van der Waals surface area contributed by atoms with E-state index in [4.69, 9.17) is 14.2 Å². The topological polar surface area (TPSA) is 68.8 Å². The van der Waals surface area contributed by atoms with Crippen LogP contribution in [0.4, 0.5) is 11.4 Å². The number of carbonyl (C=O) groups is 1. The molecule has 0 spiro atoms. The second-order valence-electron chi connectivity index (χ2n) is 6.33. The maximum atomic E-state index is 12.1. The van der Waals surface area contributed by atoms with E-state index < -0.39 is 0 Å². The molecule has 1 atom stereocenters. The Kier molecular flexibility index (Phi) is 9.15. The fraction of sp³-hybridized carbons (Fsp3) is 0.409. The van der Waals surface area contributed by atoms with Crippen LogP contribution in [0, 0.1) is 0 Å². The number of hydrogen-bond acceptors (Lipinski definition) is 5. The molecule has 0 fully saturated rings. The van der Waals surface area contributed by atoms with Crippen LogP contribution in [0.1, 0.15) is 27.2 Å². The van der Waals surface area contributed by atoms with Crippen molar-refractivity contribution in [2.45, 2.75) is 33.3 Å². The van der Waals surface area contributed by atoms with Crippen LogP contribution in [0.3, 0.4) is 0 Å². The maximum absolute atomic E-state index is 12.1. The summed E-state index contributed by atoms with van der Waals surface area (Å²) in [5.74, 6) is 1.45. The van der Waals surface area contributed by atoms with E-state index in [0.717, 1.165) is 29.3 Å². The summed E-state index contributed by atoms with van der Waals surface area (Å²) in [5.41, 5.74) is 1.59. The largest absolute Gasteiger partial charge is 0.491 e. The third-order valence-corrected chi connectivity index (χ3v) is 4.06. The van der Waals surface area contributed by atoms with Gasteiger partial charge in [0.15, 0.2) is 0 Å². The monoisotopic (exact) mass is 386 g/mol. The van der Waals surface area contributed by atoms with Gasteiger partial charge in [-0.1, -0.05) is 6.92 Å². The summed E-state index contributed by atoms with van der Waals surface area (Å²) >= 11 is 0. The van der Waals surface area contributed by atoms with E-state index in [9.17, 15) is 4.79 Å². The van der Waals surface area contributed by atoms with Crippen LogP contribution >= 0.6 is 0 Å². The zero-order valence-corrected chi connectivity index (χ0v) is 16.9. The van der Waals surface area contributed by atoms with E-state index in [1.54, 1.807) is 0 Å². The molecule has 2 N–H and O–H groups in total. The summed E-state index contributed by atoms with van der Waals surface area (Å²) in [6.07, 6.45) is 1.12. The molecule has 0 aliphatic heterocycles. The molecular weight excluding hydrogens is 356 g/mol. The highest BCUT2D eigenvalue weighted by atomic mass is 16.5. The third kappa shape index (κ3) is 7.88. The molecule has 0 saturated heterocycles. The fourth-order valence-corrected chi connectivity index (χ4v) is 2.35. The highest BCUT2D eigenvalue weighted by molar-refractivity contribution is 5.93. The third-order valence-electron chi connectivity index (χ3n) is 4.06. The van der Waals surface area contributed by atoms with Gasteiger partial charge in [0.25, 0.3) is 0 Å². The van der Waals surface area contributed by atoms with Gasteiger partial charge in [-0.15, -0.1) is 0 Å².